The number of nitrogens with zero attached hydrogens (tertiary/aromatic N) is 7. The number of rotatable bonds is 31. The lowest BCUT2D eigenvalue weighted by Crippen LogP contribution is -2.45. The van der Waals surface area contributed by atoms with Gasteiger partial charge >= 0.3 is 5.97 Å². The normalized spacial score (nSPS) is 15.6. The van der Waals surface area contributed by atoms with Crippen LogP contribution < -0.4 is 26.0 Å². The molecule has 4 N–H and O–H groups in total. The number of ether oxygens (including phenoxy) is 4. The molecular weight excluding hydrogens is 1120 g/mol. The number of aryl methyl sites for hydroxylation is 5. The first kappa shape index (κ1) is 67.5. The maximum atomic E-state index is 13.1. The molecule has 2 saturated heterocycles. The molecule has 0 radical (unpaired) electrons. The van der Waals surface area contributed by atoms with Crippen LogP contribution in [-0.4, -0.2) is 165 Å². The van der Waals surface area contributed by atoms with Gasteiger partial charge in [-0.2, -0.15) is 0 Å². The molecule has 0 aliphatic carbocycles. The number of imidazole rings is 1. The van der Waals surface area contributed by atoms with E-state index in [1.54, 1.807) is 73.4 Å². The number of hydrogen-bond acceptors (Lipinski definition) is 16. The highest BCUT2D eigenvalue weighted by atomic mass is 16.5. The van der Waals surface area contributed by atoms with Gasteiger partial charge in [-0.25, -0.2) is 9.78 Å². The van der Waals surface area contributed by atoms with Gasteiger partial charge in [-0.15, -0.1) is 0 Å². The minimum atomic E-state index is -0.835. The zero-order valence-corrected chi connectivity index (χ0v) is 51.4. The average Bonchev–Trinajstić information content (AvgIpc) is 1.92. The first-order valence-electron chi connectivity index (χ1n) is 29.4. The van der Waals surface area contributed by atoms with Crippen LogP contribution in [0.2, 0.25) is 0 Å². The third-order valence-electron chi connectivity index (χ3n) is 14.7. The third kappa shape index (κ3) is 20.0. The van der Waals surface area contributed by atoms with Crippen molar-refractivity contribution in [2.24, 2.45) is 38.0 Å². The van der Waals surface area contributed by atoms with Gasteiger partial charge in [-0.3, -0.25) is 53.0 Å². The predicted molar refractivity (Wildman–Crippen MR) is 323 cm³/mol. The number of nitrogens with one attached hydrogen (secondary N) is 4. The van der Waals surface area contributed by atoms with Gasteiger partial charge in [0.05, 0.1) is 56.0 Å². The second-order valence-corrected chi connectivity index (χ2v) is 22.5. The molecular formula is C62H83N11O14. The molecule has 3 aliphatic rings. The van der Waals surface area contributed by atoms with Crippen molar-refractivity contribution in [1.82, 2.24) is 39.1 Å². The number of amides is 7. The summed E-state index contributed by atoms with van der Waals surface area (Å²) < 4.78 is 27.4. The molecule has 2 fully saturated rings. The van der Waals surface area contributed by atoms with E-state index in [-0.39, 0.29) is 142 Å². The number of carbonyl (C=O) groups is 10. The molecule has 3 aliphatic heterocycles. The van der Waals surface area contributed by atoms with Crippen LogP contribution in [0.25, 0.3) is 0 Å². The van der Waals surface area contributed by atoms with E-state index in [4.69, 9.17) is 18.9 Å². The molecule has 4 aromatic rings. The number of imide groups is 1. The van der Waals surface area contributed by atoms with E-state index >= 15 is 0 Å². The monoisotopic (exact) mass is 1210 g/mol. The van der Waals surface area contributed by atoms with E-state index in [0.29, 0.717) is 85.5 Å². The highest BCUT2D eigenvalue weighted by molar-refractivity contribution is 6.04. The molecule has 6 heterocycles. The molecule has 1 aromatic carbocycles. The Balaban J connectivity index is 0.000000281. The summed E-state index contributed by atoms with van der Waals surface area (Å²) in [6.07, 6.45) is 10.3. The fraction of sp³-hybridized carbons (Fsp3) is 0.516. The first-order valence-corrected chi connectivity index (χ1v) is 29.4. The molecule has 7 rings (SSSR count). The first-order chi connectivity index (χ1) is 41.4. The van der Waals surface area contributed by atoms with Crippen molar-refractivity contribution < 1.29 is 66.9 Å². The van der Waals surface area contributed by atoms with Gasteiger partial charge in [-0.05, 0) is 74.8 Å². The zero-order chi connectivity index (χ0) is 63.5. The standard InChI is InChI=1S/C32H49N5O10.C30H34N6O4/c1-21(2)29(32(44)47-14-7-11-33-30(42)26-19-24(20-36(26)5)34-23(4)38)35-27(40)10-15-46-17-16-45-13-6-8-25(39)9-12-37-28(41)18-22(3)31(37)43;1-18-9-22-14-31-24-13-26(19(2)10-23(24)30(39)36(22)15-18)40-8-6-7-28(38)32-27-17-35(5)29(33-27)25(37)12-21-11-20(3)34(4)16-21/h19-22,29H,6-18H2,1-5H3,(H,33,42)(H,34,38)(H,35,40);10-11,13-14,16-17,22H,1,6-9,12,15H2,2-5H3,(H,32,38)/t22?,29-;22-/m01/s1. The smallest absolute Gasteiger partial charge is 0.328 e. The van der Waals surface area contributed by atoms with Gasteiger partial charge in [0.15, 0.2) is 11.6 Å². The number of hydrogen-bond donors (Lipinski definition) is 4. The second kappa shape index (κ2) is 32.2. The second-order valence-electron chi connectivity index (χ2n) is 22.5. The van der Waals surface area contributed by atoms with Crippen LogP contribution in [0.1, 0.15) is 134 Å². The molecule has 87 heavy (non-hydrogen) atoms. The lowest BCUT2D eigenvalue weighted by Gasteiger charge is -2.21. The number of carbonyl (C=O) groups excluding carboxylic acids is 10. The van der Waals surface area contributed by atoms with Crippen LogP contribution >= 0.6 is 0 Å². The Kier molecular flexibility index (Phi) is 25.0. The Morgan fingerprint density at radius 2 is 1.52 bits per heavy atom. The van der Waals surface area contributed by atoms with Crippen LogP contribution in [0.3, 0.4) is 0 Å². The van der Waals surface area contributed by atoms with E-state index in [9.17, 15) is 47.9 Å². The average molecular weight is 1210 g/mol. The minimum Gasteiger partial charge on any atom is -0.493 e. The zero-order valence-electron chi connectivity index (χ0n) is 51.4. The quantitative estimate of drug-likeness (QED) is 0.0161. The van der Waals surface area contributed by atoms with Crippen molar-refractivity contribution in [3.05, 3.63) is 88.9 Å². The van der Waals surface area contributed by atoms with Gasteiger partial charge in [0, 0.05) is 135 Å². The molecule has 3 atom stereocenters. The number of anilines is 2. The largest absolute Gasteiger partial charge is 0.493 e. The number of aromatic nitrogens is 4. The molecule has 25 nitrogen and oxygen atoms in total. The number of Topliss-reactive ketones (excluding diaryl/α,β-unsaturated/α-hetero) is 2. The maximum Gasteiger partial charge on any atom is 0.328 e. The summed E-state index contributed by atoms with van der Waals surface area (Å²) in [5.41, 5.74) is 5.90. The van der Waals surface area contributed by atoms with Crippen LogP contribution in [0.4, 0.5) is 17.2 Å². The topological polar surface area (TPSA) is 302 Å². The van der Waals surface area contributed by atoms with Crippen molar-refractivity contribution in [2.45, 2.75) is 118 Å². The van der Waals surface area contributed by atoms with E-state index < -0.39 is 12.0 Å². The SMILES string of the molecule is C=C1C[C@@H]2C=Nc3cc(OCCCC(=O)Nc4cn(C)c(C(=O)Cc5cc(C)n(C)c5)n4)c(C)cc3C(=O)N2C1.CC(=O)Nc1cc(C(=O)NCCCOC(=O)[C@@H](NC(=O)CCOCCOCCCC(=O)CCN2C(=O)CC(C)C2=O)C(C)C)n(C)c1. The molecule has 470 valence electrons. The minimum absolute atomic E-state index is 0.0352. The van der Waals surface area contributed by atoms with Crippen LogP contribution in [0, 0.1) is 25.7 Å². The Morgan fingerprint density at radius 3 is 2.21 bits per heavy atom. The van der Waals surface area contributed by atoms with Gasteiger partial charge in [0.2, 0.25) is 35.3 Å². The maximum absolute atomic E-state index is 13.1. The summed E-state index contributed by atoms with van der Waals surface area (Å²) in [6, 6.07) is 6.26. The summed E-state index contributed by atoms with van der Waals surface area (Å²) in [7, 11) is 5.37. The van der Waals surface area contributed by atoms with Gasteiger partial charge < -0.3 is 58.8 Å². The number of likely N-dealkylation sites (tertiary alicyclic amines) is 1. The number of aliphatic imine (C=N–C) groups is 1. The number of fused-ring (bicyclic) bond motifs is 2. The van der Waals surface area contributed by atoms with Crippen molar-refractivity contribution in [2.75, 3.05) is 69.9 Å². The van der Waals surface area contributed by atoms with Gasteiger partial charge in [-0.1, -0.05) is 32.9 Å². The molecule has 1 unspecified atom stereocenters. The molecule has 25 heteroatoms. The molecule has 0 spiro atoms. The third-order valence-corrected chi connectivity index (χ3v) is 14.7. The number of benzene rings is 1. The van der Waals surface area contributed by atoms with E-state index in [0.717, 1.165) is 28.8 Å². The lowest BCUT2D eigenvalue weighted by molar-refractivity contribution is -0.149. The number of ketones is 2. The van der Waals surface area contributed by atoms with Crippen molar-refractivity contribution in [3.8, 4) is 5.75 Å². The summed E-state index contributed by atoms with van der Waals surface area (Å²) in [5, 5.41) is 10.8. The number of esters is 1. The Hall–Kier alpha value is -8.58. The van der Waals surface area contributed by atoms with Crippen molar-refractivity contribution in [3.63, 3.8) is 0 Å². The Morgan fingerprint density at radius 1 is 0.782 bits per heavy atom. The fourth-order valence-electron chi connectivity index (χ4n) is 9.88. The summed E-state index contributed by atoms with van der Waals surface area (Å²) in [6.45, 7) is 16.9. The van der Waals surface area contributed by atoms with Crippen molar-refractivity contribution >= 4 is 82.3 Å². The summed E-state index contributed by atoms with van der Waals surface area (Å²) in [5.74, 6) is -1.60. The van der Waals surface area contributed by atoms with Gasteiger partial charge in [0.25, 0.3) is 11.8 Å². The van der Waals surface area contributed by atoms with Crippen LogP contribution in [-0.2, 0) is 75.3 Å². The van der Waals surface area contributed by atoms with Crippen LogP contribution in [0.15, 0.2) is 60.0 Å². The van der Waals surface area contributed by atoms with E-state index in [1.807, 2.05) is 50.0 Å². The fourth-order valence-corrected chi connectivity index (χ4v) is 9.88. The highest BCUT2D eigenvalue weighted by Crippen LogP contribution is 2.35. The molecule has 0 bridgehead atoms. The molecule has 0 saturated carbocycles. The highest BCUT2D eigenvalue weighted by Gasteiger charge is 2.36. The summed E-state index contributed by atoms with van der Waals surface area (Å²) in [4.78, 5) is 135. The predicted octanol–water partition coefficient (Wildman–Crippen LogP) is 5.43. The molecule has 3 aromatic heterocycles. The summed E-state index contributed by atoms with van der Waals surface area (Å²) >= 11 is 0. The van der Waals surface area contributed by atoms with Crippen LogP contribution in [0.5, 0.6) is 5.75 Å². The van der Waals surface area contributed by atoms with Gasteiger partial charge in [0.1, 0.15) is 23.3 Å². The Bertz CT molecular complexity index is 3210. The van der Waals surface area contributed by atoms with E-state index in [2.05, 4.69) is 37.8 Å². The van der Waals surface area contributed by atoms with E-state index in [1.165, 1.54) is 11.8 Å². The molecule has 7 amide bonds. The van der Waals surface area contributed by atoms with Crippen molar-refractivity contribution in [1.29, 1.82) is 0 Å². The lowest BCUT2D eigenvalue weighted by atomic mass is 10.0. The Labute approximate surface area is 506 Å².